The monoisotopic (exact) mass is 417 g/mol. The Morgan fingerprint density at radius 3 is 2.19 bits per heavy atom. The Balaban J connectivity index is 1.75. The van der Waals surface area contributed by atoms with Crippen LogP contribution in [0.25, 0.3) is 0 Å². The highest BCUT2D eigenvalue weighted by molar-refractivity contribution is 9.10. The van der Waals surface area contributed by atoms with Gasteiger partial charge in [0.15, 0.2) is 0 Å². The van der Waals surface area contributed by atoms with Crippen molar-refractivity contribution in [1.82, 2.24) is 0 Å². The van der Waals surface area contributed by atoms with Crippen molar-refractivity contribution >= 4 is 27.5 Å². The smallest absolute Gasteiger partial charge is 0.224 e. The van der Waals surface area contributed by atoms with Gasteiger partial charge in [-0.25, -0.2) is 0 Å². The molecule has 2 rings (SSSR count). The highest BCUT2D eigenvalue weighted by Crippen LogP contribution is 2.29. The molecule has 0 spiro atoms. The molecule has 0 aliphatic rings. The molecular weight excluding hydrogens is 390 g/mol. The molecule has 0 aromatic heterocycles. The fourth-order valence-electron chi connectivity index (χ4n) is 2.58. The molecule has 3 nitrogen and oxygen atoms in total. The molecule has 0 aliphatic heterocycles. The number of ether oxygens (including phenoxy) is 1. The van der Waals surface area contributed by atoms with Crippen molar-refractivity contribution in [2.45, 2.75) is 52.4 Å². The van der Waals surface area contributed by atoms with Crippen LogP contribution in [0.3, 0.4) is 0 Å². The molecule has 26 heavy (non-hydrogen) atoms. The number of halogens is 1. The van der Waals surface area contributed by atoms with Crippen LogP contribution in [0, 0.1) is 0 Å². The van der Waals surface area contributed by atoms with Crippen molar-refractivity contribution in [3.8, 4) is 5.75 Å². The quantitative estimate of drug-likeness (QED) is 0.498. The zero-order valence-corrected chi connectivity index (χ0v) is 17.6. The van der Waals surface area contributed by atoms with E-state index in [-0.39, 0.29) is 5.91 Å². The number of carbonyl (C=O) groups excluding carboxylic acids is 1. The van der Waals surface area contributed by atoms with Gasteiger partial charge in [0.25, 0.3) is 0 Å². The van der Waals surface area contributed by atoms with E-state index in [9.17, 15) is 4.79 Å². The molecule has 0 radical (unpaired) electrons. The zero-order valence-electron chi connectivity index (χ0n) is 16.0. The van der Waals surface area contributed by atoms with Gasteiger partial charge in [0.1, 0.15) is 5.75 Å². The topological polar surface area (TPSA) is 38.3 Å². The number of hydrogen-bond donors (Lipinski definition) is 1. The van der Waals surface area contributed by atoms with Crippen molar-refractivity contribution in [3.63, 3.8) is 0 Å². The summed E-state index contributed by atoms with van der Waals surface area (Å²) in [5, 5.41) is 2.93. The maximum absolute atomic E-state index is 12.1. The maximum Gasteiger partial charge on any atom is 0.224 e. The number of carbonyl (C=O) groups is 1. The van der Waals surface area contributed by atoms with E-state index in [0.29, 0.717) is 31.3 Å². The van der Waals surface area contributed by atoms with Crippen LogP contribution in [0.1, 0.15) is 63.5 Å². The summed E-state index contributed by atoms with van der Waals surface area (Å²) in [6, 6.07) is 14.2. The predicted molar refractivity (Wildman–Crippen MR) is 112 cm³/mol. The summed E-state index contributed by atoms with van der Waals surface area (Å²) in [7, 11) is 0. The molecule has 2 aromatic rings. The van der Waals surface area contributed by atoms with Crippen LogP contribution >= 0.6 is 15.9 Å². The first-order valence-corrected chi connectivity index (χ1v) is 9.98. The SMILES string of the molecule is CC(C)c1ccc(NC(=O)CCCOc2ccc(C(C)C)cc2Br)cc1. The summed E-state index contributed by atoms with van der Waals surface area (Å²) in [6.07, 6.45) is 1.11. The van der Waals surface area contributed by atoms with Crippen LogP contribution in [-0.2, 0) is 4.79 Å². The van der Waals surface area contributed by atoms with Crippen molar-refractivity contribution in [1.29, 1.82) is 0 Å². The number of benzene rings is 2. The van der Waals surface area contributed by atoms with E-state index >= 15 is 0 Å². The minimum Gasteiger partial charge on any atom is -0.492 e. The number of rotatable bonds is 8. The molecule has 2 aromatic carbocycles. The number of nitrogens with one attached hydrogen (secondary N) is 1. The van der Waals surface area contributed by atoms with Crippen LogP contribution < -0.4 is 10.1 Å². The molecule has 140 valence electrons. The van der Waals surface area contributed by atoms with E-state index in [0.717, 1.165) is 15.9 Å². The number of hydrogen-bond acceptors (Lipinski definition) is 2. The van der Waals surface area contributed by atoms with E-state index in [1.807, 2.05) is 18.2 Å². The van der Waals surface area contributed by atoms with Crippen molar-refractivity contribution in [2.24, 2.45) is 0 Å². The Hall–Kier alpha value is -1.81. The van der Waals surface area contributed by atoms with Gasteiger partial charge < -0.3 is 10.1 Å². The van der Waals surface area contributed by atoms with Gasteiger partial charge in [-0.1, -0.05) is 45.9 Å². The van der Waals surface area contributed by atoms with Crippen LogP contribution in [0.5, 0.6) is 5.75 Å². The average Bonchev–Trinajstić information content (AvgIpc) is 2.60. The van der Waals surface area contributed by atoms with Crippen LogP contribution in [0.2, 0.25) is 0 Å². The van der Waals surface area contributed by atoms with Gasteiger partial charge in [0, 0.05) is 12.1 Å². The Morgan fingerprint density at radius 1 is 1.00 bits per heavy atom. The molecule has 0 fully saturated rings. The molecular formula is C22H28BrNO2. The third-order valence-corrected chi connectivity index (χ3v) is 4.91. The van der Waals surface area contributed by atoms with E-state index in [4.69, 9.17) is 4.74 Å². The lowest BCUT2D eigenvalue weighted by atomic mass is 10.0. The molecule has 0 saturated heterocycles. The molecule has 0 heterocycles. The third-order valence-electron chi connectivity index (χ3n) is 4.29. The van der Waals surface area contributed by atoms with Gasteiger partial charge in [-0.15, -0.1) is 0 Å². The fraction of sp³-hybridized carbons (Fsp3) is 0.409. The van der Waals surface area contributed by atoms with Crippen LogP contribution in [0.4, 0.5) is 5.69 Å². The van der Waals surface area contributed by atoms with E-state index in [1.165, 1.54) is 11.1 Å². The molecule has 1 N–H and O–H groups in total. The second-order valence-corrected chi connectivity index (χ2v) is 7.98. The first-order valence-electron chi connectivity index (χ1n) is 9.19. The maximum atomic E-state index is 12.1. The zero-order chi connectivity index (χ0) is 19.1. The largest absolute Gasteiger partial charge is 0.492 e. The Kier molecular flexibility index (Phi) is 7.70. The summed E-state index contributed by atoms with van der Waals surface area (Å²) >= 11 is 3.55. The van der Waals surface area contributed by atoms with Crippen molar-refractivity contribution < 1.29 is 9.53 Å². The molecule has 0 aliphatic carbocycles. The number of amides is 1. The highest BCUT2D eigenvalue weighted by atomic mass is 79.9. The normalized spacial score (nSPS) is 11.0. The Bertz CT molecular complexity index is 723. The van der Waals surface area contributed by atoms with E-state index in [2.05, 4.69) is 73.2 Å². The summed E-state index contributed by atoms with van der Waals surface area (Å²) in [4.78, 5) is 12.1. The van der Waals surface area contributed by atoms with Crippen molar-refractivity contribution in [2.75, 3.05) is 11.9 Å². The molecule has 1 amide bonds. The Morgan fingerprint density at radius 2 is 1.62 bits per heavy atom. The minimum absolute atomic E-state index is 0.0140. The summed E-state index contributed by atoms with van der Waals surface area (Å²) < 4.78 is 6.74. The summed E-state index contributed by atoms with van der Waals surface area (Å²) in [6.45, 7) is 9.15. The van der Waals surface area contributed by atoms with Gasteiger partial charge in [0.05, 0.1) is 11.1 Å². The summed E-state index contributed by atoms with van der Waals surface area (Å²) in [5.41, 5.74) is 3.38. The fourth-order valence-corrected chi connectivity index (χ4v) is 3.09. The molecule has 0 atom stereocenters. The second kappa shape index (κ2) is 9.77. The van der Waals surface area contributed by atoms with E-state index < -0.39 is 0 Å². The van der Waals surface area contributed by atoms with Gasteiger partial charge in [-0.2, -0.15) is 0 Å². The molecule has 0 saturated carbocycles. The van der Waals surface area contributed by atoms with E-state index in [1.54, 1.807) is 0 Å². The first kappa shape index (κ1) is 20.5. The summed E-state index contributed by atoms with van der Waals surface area (Å²) in [5.74, 6) is 1.81. The second-order valence-electron chi connectivity index (χ2n) is 7.12. The first-order chi connectivity index (χ1) is 12.4. The van der Waals surface area contributed by atoms with Gasteiger partial charge in [0.2, 0.25) is 5.91 Å². The highest BCUT2D eigenvalue weighted by Gasteiger charge is 2.07. The Labute approximate surface area is 165 Å². The molecule has 4 heteroatoms. The number of anilines is 1. The standard InChI is InChI=1S/C22H28BrNO2/c1-15(2)17-7-10-19(11-8-17)24-22(25)6-5-13-26-21-12-9-18(16(3)4)14-20(21)23/h7-12,14-16H,5-6,13H2,1-4H3,(H,24,25). The third kappa shape index (κ3) is 6.17. The lowest BCUT2D eigenvalue weighted by Gasteiger charge is -2.12. The minimum atomic E-state index is 0.0140. The van der Waals surface area contributed by atoms with Crippen LogP contribution in [0.15, 0.2) is 46.9 Å². The predicted octanol–water partition coefficient (Wildman–Crippen LogP) is 6.49. The average molecular weight is 418 g/mol. The van der Waals surface area contributed by atoms with Gasteiger partial charge in [-0.3, -0.25) is 4.79 Å². The van der Waals surface area contributed by atoms with Crippen molar-refractivity contribution in [3.05, 3.63) is 58.1 Å². The lowest BCUT2D eigenvalue weighted by molar-refractivity contribution is -0.116. The van der Waals surface area contributed by atoms with Gasteiger partial charge >= 0.3 is 0 Å². The lowest BCUT2D eigenvalue weighted by Crippen LogP contribution is -2.13. The van der Waals surface area contributed by atoms with Gasteiger partial charge in [-0.05, 0) is 69.6 Å². The van der Waals surface area contributed by atoms with Crippen LogP contribution in [-0.4, -0.2) is 12.5 Å². The molecule has 0 bridgehead atoms. The molecule has 0 unspecified atom stereocenters.